The Morgan fingerprint density at radius 2 is 2.11 bits per heavy atom. The van der Waals surface area contributed by atoms with Crippen molar-refractivity contribution in [3.8, 4) is 0 Å². The maximum Gasteiger partial charge on any atom is 0.236 e. The first kappa shape index (κ1) is 20.9. The predicted octanol–water partition coefficient (Wildman–Crippen LogP) is 1.75. The minimum atomic E-state index is -3.35. The molecule has 1 fully saturated rings. The number of anilines is 1. The number of guanidine groups is 1. The highest BCUT2D eigenvalue weighted by Gasteiger charge is 2.28. The van der Waals surface area contributed by atoms with Gasteiger partial charge in [0.15, 0.2) is 5.96 Å². The van der Waals surface area contributed by atoms with Crippen molar-refractivity contribution in [3.05, 3.63) is 29.8 Å². The van der Waals surface area contributed by atoms with Crippen LogP contribution in [-0.2, 0) is 21.2 Å². The number of sulfonamides is 1. The van der Waals surface area contributed by atoms with Gasteiger partial charge in [0.25, 0.3) is 0 Å². The van der Waals surface area contributed by atoms with Gasteiger partial charge in [-0.15, -0.1) is 0 Å². The van der Waals surface area contributed by atoms with Crippen LogP contribution in [-0.4, -0.2) is 59.5 Å². The van der Waals surface area contributed by atoms with E-state index in [0.29, 0.717) is 25.6 Å². The van der Waals surface area contributed by atoms with Gasteiger partial charge in [-0.25, -0.2) is 8.42 Å². The van der Waals surface area contributed by atoms with Crippen molar-refractivity contribution in [3.63, 3.8) is 0 Å². The third-order valence-electron chi connectivity index (χ3n) is 4.94. The van der Waals surface area contributed by atoms with Crippen LogP contribution in [0.3, 0.4) is 0 Å². The summed E-state index contributed by atoms with van der Waals surface area (Å²) < 4.78 is 32.6. The summed E-state index contributed by atoms with van der Waals surface area (Å²) >= 11 is 0. The molecular formula is C20H32N4O3S. The molecule has 0 radical (unpaired) electrons. The first-order valence-corrected chi connectivity index (χ1v) is 11.9. The van der Waals surface area contributed by atoms with Crippen molar-refractivity contribution >= 4 is 21.7 Å². The molecule has 0 bridgehead atoms. The van der Waals surface area contributed by atoms with Crippen molar-refractivity contribution in [2.45, 2.75) is 32.6 Å². The van der Waals surface area contributed by atoms with Crippen LogP contribution in [0.2, 0.25) is 0 Å². The van der Waals surface area contributed by atoms with Crippen molar-refractivity contribution < 1.29 is 13.2 Å². The number of rotatable bonds is 11. The van der Waals surface area contributed by atoms with E-state index in [1.54, 1.807) is 0 Å². The lowest BCUT2D eigenvalue weighted by atomic mass is 10.2. The molecule has 1 aliphatic carbocycles. The van der Waals surface area contributed by atoms with E-state index in [1.807, 2.05) is 31.2 Å². The molecule has 1 saturated carbocycles. The van der Waals surface area contributed by atoms with Crippen molar-refractivity contribution in [2.75, 3.05) is 49.5 Å². The largest absolute Gasteiger partial charge is 0.381 e. The quantitative estimate of drug-likeness (QED) is 0.331. The fourth-order valence-electron chi connectivity index (χ4n) is 3.24. The fourth-order valence-corrected chi connectivity index (χ4v) is 4.67. The highest BCUT2D eigenvalue weighted by Crippen LogP contribution is 2.30. The van der Waals surface area contributed by atoms with Gasteiger partial charge < -0.3 is 15.4 Å². The maximum absolute atomic E-state index is 12.7. The Morgan fingerprint density at radius 1 is 1.29 bits per heavy atom. The van der Waals surface area contributed by atoms with Crippen molar-refractivity contribution in [2.24, 2.45) is 10.9 Å². The van der Waals surface area contributed by atoms with Crippen LogP contribution in [0.25, 0.3) is 0 Å². The first-order valence-electron chi connectivity index (χ1n) is 10.3. The van der Waals surface area contributed by atoms with E-state index in [4.69, 9.17) is 4.74 Å². The van der Waals surface area contributed by atoms with Gasteiger partial charge >= 0.3 is 0 Å². The molecule has 1 aromatic rings. The molecule has 1 heterocycles. The van der Waals surface area contributed by atoms with Gasteiger partial charge in [0.05, 0.1) is 11.4 Å². The molecule has 0 aromatic heterocycles. The topological polar surface area (TPSA) is 83.0 Å². The highest BCUT2D eigenvalue weighted by molar-refractivity contribution is 7.92. The molecule has 2 N–H and O–H groups in total. The zero-order chi connectivity index (χ0) is 19.8. The van der Waals surface area contributed by atoms with E-state index in [1.165, 1.54) is 17.1 Å². The van der Waals surface area contributed by atoms with Crippen LogP contribution in [0.4, 0.5) is 5.69 Å². The molecule has 0 spiro atoms. The van der Waals surface area contributed by atoms with Gasteiger partial charge in [0.1, 0.15) is 0 Å². The maximum atomic E-state index is 12.7. The smallest absolute Gasteiger partial charge is 0.236 e. The summed E-state index contributed by atoms with van der Waals surface area (Å²) in [5, 5.41) is 6.30. The molecule has 156 valence electrons. The van der Waals surface area contributed by atoms with Crippen molar-refractivity contribution in [1.29, 1.82) is 0 Å². The Morgan fingerprint density at radius 3 is 2.89 bits per heavy atom. The van der Waals surface area contributed by atoms with Crippen LogP contribution in [0.1, 0.15) is 31.7 Å². The van der Waals surface area contributed by atoms with Gasteiger partial charge in [-0.3, -0.25) is 9.30 Å². The Balaban J connectivity index is 1.42. The SMILES string of the molecule is CCNC(=NCCCOCC1CC1)NCCS(=O)(=O)N1CCc2ccccc21. The van der Waals surface area contributed by atoms with E-state index in [-0.39, 0.29) is 5.75 Å². The van der Waals surface area contributed by atoms with Gasteiger partial charge in [-0.1, -0.05) is 18.2 Å². The van der Waals surface area contributed by atoms with Crippen molar-refractivity contribution in [1.82, 2.24) is 10.6 Å². The Labute approximate surface area is 168 Å². The summed E-state index contributed by atoms with van der Waals surface area (Å²) in [4.78, 5) is 4.50. The molecule has 28 heavy (non-hydrogen) atoms. The molecule has 3 rings (SSSR count). The zero-order valence-electron chi connectivity index (χ0n) is 16.7. The van der Waals surface area contributed by atoms with Crippen LogP contribution in [0.15, 0.2) is 29.3 Å². The van der Waals surface area contributed by atoms with Crippen LogP contribution in [0.5, 0.6) is 0 Å². The summed E-state index contributed by atoms with van der Waals surface area (Å²) in [7, 11) is -3.35. The molecule has 0 saturated heterocycles. The number of benzene rings is 1. The summed E-state index contributed by atoms with van der Waals surface area (Å²) in [6.45, 7) is 5.83. The second kappa shape index (κ2) is 10.1. The average molecular weight is 409 g/mol. The van der Waals surface area contributed by atoms with Gasteiger partial charge in [-0.05, 0) is 50.2 Å². The molecule has 0 amide bonds. The number of aliphatic imine (C=N–C) groups is 1. The summed E-state index contributed by atoms with van der Waals surface area (Å²) in [6.07, 6.45) is 4.25. The normalized spacial score (nSPS) is 16.9. The van der Waals surface area contributed by atoms with Gasteiger partial charge in [0.2, 0.25) is 10.0 Å². The van der Waals surface area contributed by atoms with E-state index in [0.717, 1.165) is 49.8 Å². The predicted molar refractivity (Wildman–Crippen MR) is 113 cm³/mol. The number of nitrogens with one attached hydrogen (secondary N) is 2. The molecule has 1 aromatic carbocycles. The lowest BCUT2D eigenvalue weighted by Crippen LogP contribution is -2.42. The minimum Gasteiger partial charge on any atom is -0.381 e. The molecule has 8 heteroatoms. The van der Waals surface area contributed by atoms with E-state index in [9.17, 15) is 8.42 Å². The molecule has 2 aliphatic rings. The minimum absolute atomic E-state index is 0.0379. The standard InChI is InChI=1S/C20H32N4O3S/c1-2-21-20(22-11-5-14-27-16-17-8-9-17)23-12-15-28(25,26)24-13-10-18-6-3-4-7-19(18)24/h3-4,6-7,17H,2,5,8-16H2,1H3,(H2,21,22,23). The Bertz CT molecular complexity index is 762. The van der Waals surface area contributed by atoms with Gasteiger partial charge in [0, 0.05) is 39.4 Å². The van der Waals surface area contributed by atoms with Gasteiger partial charge in [-0.2, -0.15) is 0 Å². The summed E-state index contributed by atoms with van der Waals surface area (Å²) in [5.41, 5.74) is 1.91. The number of fused-ring (bicyclic) bond motifs is 1. The summed E-state index contributed by atoms with van der Waals surface area (Å²) in [6, 6.07) is 7.71. The Kier molecular flexibility index (Phi) is 7.56. The Hall–Kier alpha value is -1.80. The van der Waals surface area contributed by atoms with Crippen LogP contribution >= 0.6 is 0 Å². The van der Waals surface area contributed by atoms with E-state index in [2.05, 4.69) is 15.6 Å². The third-order valence-corrected chi connectivity index (χ3v) is 6.72. The second-order valence-electron chi connectivity index (χ2n) is 7.33. The number of nitrogens with zero attached hydrogens (tertiary/aromatic N) is 2. The van der Waals surface area contributed by atoms with Crippen LogP contribution < -0.4 is 14.9 Å². The van der Waals surface area contributed by atoms with Crippen LogP contribution in [0, 0.1) is 5.92 Å². The zero-order valence-corrected chi connectivity index (χ0v) is 17.5. The fraction of sp³-hybridized carbons (Fsp3) is 0.650. The third kappa shape index (κ3) is 6.10. The average Bonchev–Trinajstić information content (AvgIpc) is 3.39. The molecule has 1 aliphatic heterocycles. The molecule has 0 unspecified atom stereocenters. The number of hydrogen-bond donors (Lipinski definition) is 2. The molecule has 0 atom stereocenters. The number of para-hydroxylation sites is 1. The second-order valence-corrected chi connectivity index (χ2v) is 9.34. The summed E-state index contributed by atoms with van der Waals surface area (Å²) in [5.74, 6) is 1.48. The molecule has 7 nitrogen and oxygen atoms in total. The molecular weight excluding hydrogens is 376 g/mol. The lowest BCUT2D eigenvalue weighted by Gasteiger charge is -2.20. The number of ether oxygens (including phenoxy) is 1. The number of hydrogen-bond acceptors (Lipinski definition) is 4. The highest BCUT2D eigenvalue weighted by atomic mass is 32.2. The van der Waals surface area contributed by atoms with E-state index < -0.39 is 10.0 Å². The lowest BCUT2D eigenvalue weighted by molar-refractivity contribution is 0.123. The monoisotopic (exact) mass is 408 g/mol. The first-order chi connectivity index (χ1) is 13.6. The van der Waals surface area contributed by atoms with E-state index >= 15 is 0 Å².